The Bertz CT molecular complexity index is 978. The number of carbonyl (C=O) groups is 3. The predicted molar refractivity (Wildman–Crippen MR) is 275 cm³/mol. The van der Waals surface area contributed by atoms with Crippen LogP contribution in [0.4, 0.5) is 0 Å². The van der Waals surface area contributed by atoms with Crippen LogP contribution >= 0.6 is 0 Å². The summed E-state index contributed by atoms with van der Waals surface area (Å²) in [6, 6.07) is 0. The molecular formula is C58H112O6. The van der Waals surface area contributed by atoms with Crippen LogP contribution in [0.3, 0.4) is 0 Å². The van der Waals surface area contributed by atoms with Crippen molar-refractivity contribution >= 4 is 17.9 Å². The molecule has 0 aromatic heterocycles. The molecule has 0 aliphatic carbocycles. The van der Waals surface area contributed by atoms with E-state index in [1.165, 1.54) is 212 Å². The van der Waals surface area contributed by atoms with Gasteiger partial charge >= 0.3 is 17.9 Å². The lowest BCUT2D eigenvalue weighted by Crippen LogP contribution is -2.30. The lowest BCUT2D eigenvalue weighted by molar-refractivity contribution is -0.167. The largest absolute Gasteiger partial charge is 0.462 e. The van der Waals surface area contributed by atoms with Crippen molar-refractivity contribution in [2.75, 3.05) is 13.2 Å². The molecule has 0 rings (SSSR count). The fourth-order valence-electron chi connectivity index (χ4n) is 8.87. The third-order valence-corrected chi connectivity index (χ3v) is 13.2. The van der Waals surface area contributed by atoms with E-state index in [1.807, 2.05) is 0 Å². The van der Waals surface area contributed by atoms with E-state index in [0.717, 1.165) is 69.6 Å². The standard InChI is InChI=1S/C58H112O6/c1-6-7-8-9-10-11-12-13-18-24-30-35-40-45-50-58(61)64-55(52-63-57(60)49-44-39-34-29-25-20-22-27-32-37-42-47-54(4)5)51-62-56(59)48-43-38-33-28-23-19-16-14-15-17-21-26-31-36-41-46-53(2)3/h53-55H,6-52H2,1-5H3/t55-/m0/s1. The molecule has 0 aromatic rings. The Morgan fingerprint density at radius 2 is 0.516 bits per heavy atom. The maximum absolute atomic E-state index is 12.8. The van der Waals surface area contributed by atoms with E-state index >= 15 is 0 Å². The zero-order valence-corrected chi connectivity index (χ0v) is 43.9. The molecule has 0 aliphatic rings. The summed E-state index contributed by atoms with van der Waals surface area (Å²) in [5.74, 6) is 0.837. The number of esters is 3. The van der Waals surface area contributed by atoms with Gasteiger partial charge in [0.05, 0.1) is 0 Å². The first-order valence-corrected chi connectivity index (χ1v) is 28.7. The molecule has 0 aromatic carbocycles. The third-order valence-electron chi connectivity index (χ3n) is 13.2. The minimum atomic E-state index is -0.762. The van der Waals surface area contributed by atoms with E-state index in [0.29, 0.717) is 19.3 Å². The number of rotatable bonds is 52. The molecule has 0 bridgehead atoms. The van der Waals surface area contributed by atoms with Crippen LogP contribution in [0, 0.1) is 11.8 Å². The first-order chi connectivity index (χ1) is 31.2. The fourth-order valence-corrected chi connectivity index (χ4v) is 8.87. The molecule has 64 heavy (non-hydrogen) atoms. The number of unbranched alkanes of at least 4 members (excludes halogenated alkanes) is 37. The molecule has 0 radical (unpaired) electrons. The summed E-state index contributed by atoms with van der Waals surface area (Å²) in [5, 5.41) is 0. The average molecular weight is 906 g/mol. The highest BCUT2D eigenvalue weighted by Crippen LogP contribution is 2.18. The van der Waals surface area contributed by atoms with E-state index in [2.05, 4.69) is 34.6 Å². The van der Waals surface area contributed by atoms with Crippen LogP contribution in [0.25, 0.3) is 0 Å². The molecule has 0 fully saturated rings. The van der Waals surface area contributed by atoms with Crippen molar-refractivity contribution in [3.8, 4) is 0 Å². The molecule has 0 N–H and O–H groups in total. The van der Waals surface area contributed by atoms with Gasteiger partial charge in [-0.05, 0) is 31.1 Å². The van der Waals surface area contributed by atoms with Gasteiger partial charge in [-0.2, -0.15) is 0 Å². The second kappa shape index (κ2) is 50.8. The third kappa shape index (κ3) is 51.4. The van der Waals surface area contributed by atoms with Gasteiger partial charge in [-0.1, -0.05) is 285 Å². The van der Waals surface area contributed by atoms with Crippen LogP contribution in [0.5, 0.6) is 0 Å². The fraction of sp³-hybridized carbons (Fsp3) is 0.948. The summed E-state index contributed by atoms with van der Waals surface area (Å²) < 4.78 is 16.9. The Hall–Kier alpha value is -1.59. The van der Waals surface area contributed by atoms with E-state index in [1.54, 1.807) is 0 Å². The number of hydrogen-bond donors (Lipinski definition) is 0. The second-order valence-electron chi connectivity index (χ2n) is 20.9. The summed E-state index contributed by atoms with van der Waals surface area (Å²) in [6.07, 6.45) is 53.8. The summed E-state index contributed by atoms with van der Waals surface area (Å²) in [5.41, 5.74) is 0. The highest BCUT2D eigenvalue weighted by atomic mass is 16.6. The molecule has 6 nitrogen and oxygen atoms in total. The van der Waals surface area contributed by atoms with Gasteiger partial charge in [-0.25, -0.2) is 0 Å². The van der Waals surface area contributed by atoms with Crippen molar-refractivity contribution in [1.29, 1.82) is 0 Å². The summed E-state index contributed by atoms with van der Waals surface area (Å²) in [6.45, 7) is 11.4. The van der Waals surface area contributed by atoms with Gasteiger partial charge < -0.3 is 14.2 Å². The van der Waals surface area contributed by atoms with Gasteiger partial charge in [-0.15, -0.1) is 0 Å². The first-order valence-electron chi connectivity index (χ1n) is 28.7. The number of ether oxygens (including phenoxy) is 3. The van der Waals surface area contributed by atoms with E-state index < -0.39 is 6.10 Å². The van der Waals surface area contributed by atoms with Crippen LogP contribution in [-0.4, -0.2) is 37.2 Å². The highest BCUT2D eigenvalue weighted by Gasteiger charge is 2.19. The zero-order chi connectivity index (χ0) is 46.8. The Kier molecular flexibility index (Phi) is 49.6. The molecule has 0 heterocycles. The van der Waals surface area contributed by atoms with E-state index in [-0.39, 0.29) is 31.1 Å². The second-order valence-corrected chi connectivity index (χ2v) is 20.9. The van der Waals surface area contributed by atoms with Gasteiger partial charge in [0.15, 0.2) is 6.10 Å². The molecule has 0 spiro atoms. The molecule has 0 saturated heterocycles. The van der Waals surface area contributed by atoms with Crippen LogP contribution < -0.4 is 0 Å². The normalized spacial score (nSPS) is 12.0. The highest BCUT2D eigenvalue weighted by molar-refractivity contribution is 5.71. The lowest BCUT2D eigenvalue weighted by Gasteiger charge is -2.18. The maximum atomic E-state index is 12.8. The van der Waals surface area contributed by atoms with Gasteiger partial charge in [0.2, 0.25) is 0 Å². The predicted octanol–water partition coefficient (Wildman–Crippen LogP) is 18.9. The van der Waals surface area contributed by atoms with E-state index in [4.69, 9.17) is 14.2 Å². The van der Waals surface area contributed by atoms with Crippen molar-refractivity contribution in [3.05, 3.63) is 0 Å². The Balaban J connectivity index is 4.28. The van der Waals surface area contributed by atoms with Crippen molar-refractivity contribution < 1.29 is 28.6 Å². The monoisotopic (exact) mass is 905 g/mol. The van der Waals surface area contributed by atoms with Crippen LogP contribution in [0.15, 0.2) is 0 Å². The smallest absolute Gasteiger partial charge is 0.306 e. The molecule has 0 amide bonds. The van der Waals surface area contributed by atoms with Gasteiger partial charge in [-0.3, -0.25) is 14.4 Å². The molecule has 1 atom stereocenters. The minimum absolute atomic E-state index is 0.0627. The topological polar surface area (TPSA) is 78.9 Å². The van der Waals surface area contributed by atoms with E-state index in [9.17, 15) is 14.4 Å². The van der Waals surface area contributed by atoms with Gasteiger partial charge in [0, 0.05) is 19.3 Å². The Morgan fingerprint density at radius 1 is 0.297 bits per heavy atom. The SMILES string of the molecule is CCCCCCCCCCCCCCCCC(=O)O[C@@H](COC(=O)CCCCCCCCCCCCCCCCCC(C)C)COC(=O)CCCCCCCCCCCCCC(C)C. The summed E-state index contributed by atoms with van der Waals surface area (Å²) >= 11 is 0. The zero-order valence-electron chi connectivity index (χ0n) is 43.9. The van der Waals surface area contributed by atoms with Crippen LogP contribution in [0.2, 0.25) is 0 Å². The summed E-state index contributed by atoms with van der Waals surface area (Å²) in [7, 11) is 0. The summed E-state index contributed by atoms with van der Waals surface area (Å²) in [4.78, 5) is 38.1. The average Bonchev–Trinajstić information content (AvgIpc) is 3.27. The van der Waals surface area contributed by atoms with Crippen molar-refractivity contribution in [1.82, 2.24) is 0 Å². The molecule has 380 valence electrons. The van der Waals surface area contributed by atoms with Crippen molar-refractivity contribution in [2.24, 2.45) is 11.8 Å². The quantitative estimate of drug-likeness (QED) is 0.0344. The Morgan fingerprint density at radius 3 is 0.766 bits per heavy atom. The lowest BCUT2D eigenvalue weighted by atomic mass is 10.0. The van der Waals surface area contributed by atoms with Crippen molar-refractivity contribution in [2.45, 2.75) is 330 Å². The molecular weight excluding hydrogens is 793 g/mol. The van der Waals surface area contributed by atoms with Crippen molar-refractivity contribution in [3.63, 3.8) is 0 Å². The number of hydrogen-bond acceptors (Lipinski definition) is 6. The molecule has 6 heteroatoms. The molecule has 0 aliphatic heterocycles. The minimum Gasteiger partial charge on any atom is -0.462 e. The maximum Gasteiger partial charge on any atom is 0.306 e. The van der Waals surface area contributed by atoms with Crippen LogP contribution in [0.1, 0.15) is 324 Å². The molecule has 0 saturated carbocycles. The van der Waals surface area contributed by atoms with Gasteiger partial charge in [0.1, 0.15) is 13.2 Å². The molecule has 0 unspecified atom stereocenters. The first kappa shape index (κ1) is 62.4. The Labute approximate surface area is 399 Å². The van der Waals surface area contributed by atoms with Crippen LogP contribution in [-0.2, 0) is 28.6 Å². The number of carbonyl (C=O) groups excluding carboxylic acids is 3. The van der Waals surface area contributed by atoms with Gasteiger partial charge in [0.25, 0.3) is 0 Å².